The Balaban J connectivity index is 1.58. The summed E-state index contributed by atoms with van der Waals surface area (Å²) in [6, 6.07) is 0.415. The topological polar surface area (TPSA) is 105 Å². The molecule has 4 rings (SSSR count). The monoisotopic (exact) mass is 445 g/mol. The minimum absolute atomic E-state index is 0.000601. The van der Waals surface area contributed by atoms with Crippen LogP contribution in [0.5, 0.6) is 0 Å². The van der Waals surface area contributed by atoms with Crippen LogP contribution in [-0.4, -0.2) is 79.7 Å². The largest absolute Gasteiger partial charge is 0.354 e. The minimum Gasteiger partial charge on any atom is -0.354 e. The number of H-pyrrole nitrogens is 1. The van der Waals surface area contributed by atoms with E-state index in [-0.39, 0.29) is 17.9 Å². The molecule has 0 unspecified atom stereocenters. The molecular weight excluding hydrogens is 413 g/mol. The maximum absolute atomic E-state index is 14.3. The quantitative estimate of drug-likeness (QED) is 0.665. The predicted molar refractivity (Wildman–Crippen MR) is 120 cm³/mol. The molecule has 10 nitrogen and oxygen atoms in total. The van der Waals surface area contributed by atoms with Crippen molar-refractivity contribution >= 4 is 23.6 Å². The van der Waals surface area contributed by atoms with E-state index in [2.05, 4.69) is 56.6 Å². The van der Waals surface area contributed by atoms with Crippen molar-refractivity contribution in [1.82, 2.24) is 34.9 Å². The van der Waals surface area contributed by atoms with Crippen molar-refractivity contribution in [3.63, 3.8) is 0 Å². The van der Waals surface area contributed by atoms with Crippen molar-refractivity contribution in [1.29, 1.82) is 0 Å². The maximum atomic E-state index is 14.3. The van der Waals surface area contributed by atoms with Gasteiger partial charge in [-0.15, -0.1) is 0 Å². The normalized spacial score (nSPS) is 22.7. The van der Waals surface area contributed by atoms with Gasteiger partial charge in [-0.3, -0.25) is 10.00 Å². The van der Waals surface area contributed by atoms with Crippen LogP contribution in [0.15, 0.2) is 6.20 Å². The summed E-state index contributed by atoms with van der Waals surface area (Å²) in [7, 11) is 2.09. The number of piperazine rings is 1. The number of urea groups is 1. The van der Waals surface area contributed by atoms with Crippen molar-refractivity contribution < 1.29 is 9.18 Å². The van der Waals surface area contributed by atoms with E-state index in [4.69, 9.17) is 0 Å². The average molecular weight is 446 g/mol. The lowest BCUT2D eigenvalue weighted by Crippen LogP contribution is -2.60. The molecule has 32 heavy (non-hydrogen) atoms. The molecule has 3 N–H and O–H groups in total. The lowest BCUT2D eigenvalue weighted by atomic mass is 10.0. The number of likely N-dealkylation sites (N-methyl/N-ethyl adjacent to an activating group) is 1. The Bertz CT molecular complexity index is 1010. The van der Waals surface area contributed by atoms with Gasteiger partial charge < -0.3 is 20.4 Å². The molecule has 0 bridgehead atoms. The molecule has 0 saturated carbocycles. The second-order valence-electron chi connectivity index (χ2n) is 9.19. The van der Waals surface area contributed by atoms with Gasteiger partial charge in [0, 0.05) is 37.3 Å². The highest BCUT2D eigenvalue weighted by Gasteiger charge is 2.46. The van der Waals surface area contributed by atoms with E-state index in [0.29, 0.717) is 37.4 Å². The van der Waals surface area contributed by atoms with Crippen molar-refractivity contribution in [2.75, 3.05) is 37.3 Å². The van der Waals surface area contributed by atoms with Gasteiger partial charge in [0.2, 0.25) is 5.95 Å². The predicted octanol–water partition coefficient (Wildman–Crippen LogP) is 2.71. The summed E-state index contributed by atoms with van der Waals surface area (Å²) in [5, 5.41) is 13.4. The Morgan fingerprint density at radius 1 is 1.28 bits per heavy atom. The number of hydrogen-bond donors (Lipinski definition) is 3. The number of rotatable bonds is 4. The summed E-state index contributed by atoms with van der Waals surface area (Å²) in [4.78, 5) is 27.8. The molecule has 4 heterocycles. The Labute approximate surface area is 187 Å². The summed E-state index contributed by atoms with van der Waals surface area (Å²) in [5.74, 6) is 0.255. The lowest BCUT2D eigenvalue weighted by molar-refractivity contribution is 0.0457. The number of aromatic nitrogens is 4. The van der Waals surface area contributed by atoms with Gasteiger partial charge in [-0.2, -0.15) is 10.1 Å². The Hall–Kier alpha value is -2.95. The molecular formula is C21H32FN9O. The van der Waals surface area contributed by atoms with Gasteiger partial charge >= 0.3 is 6.03 Å². The molecule has 2 aliphatic heterocycles. The van der Waals surface area contributed by atoms with Crippen LogP contribution in [0.3, 0.4) is 0 Å². The molecule has 1 fully saturated rings. The van der Waals surface area contributed by atoms with Gasteiger partial charge in [0.1, 0.15) is 0 Å². The van der Waals surface area contributed by atoms with Crippen LogP contribution in [0, 0.1) is 5.82 Å². The molecule has 2 aliphatic rings. The SMILES string of the molecule is CCNc1ncc(F)c(Nc2n[nH]c3c2CN(C(=O)N2C[C@@H](C)N(C)C[C@@H]2C)C3(C)C)n1. The number of aromatic amines is 1. The molecule has 0 spiro atoms. The molecule has 174 valence electrons. The first kappa shape index (κ1) is 22.3. The zero-order valence-electron chi connectivity index (χ0n) is 19.5. The second-order valence-corrected chi connectivity index (χ2v) is 9.19. The maximum Gasteiger partial charge on any atom is 0.321 e. The molecule has 11 heteroatoms. The highest BCUT2D eigenvalue weighted by atomic mass is 19.1. The number of hydrogen-bond acceptors (Lipinski definition) is 7. The smallest absolute Gasteiger partial charge is 0.321 e. The van der Waals surface area contributed by atoms with Crippen molar-refractivity contribution in [2.45, 2.75) is 58.8 Å². The van der Waals surface area contributed by atoms with Crippen molar-refractivity contribution in [3.05, 3.63) is 23.3 Å². The number of anilines is 3. The summed E-state index contributed by atoms with van der Waals surface area (Å²) in [6.45, 7) is 12.6. The number of nitrogens with zero attached hydrogens (tertiary/aromatic N) is 6. The molecule has 2 atom stereocenters. The number of halogens is 1. The number of carbonyl (C=O) groups excluding carboxylic acids is 1. The zero-order chi connectivity index (χ0) is 23.2. The summed E-state index contributed by atoms with van der Waals surface area (Å²) in [5.41, 5.74) is 1.09. The Morgan fingerprint density at radius 3 is 2.75 bits per heavy atom. The fraction of sp³-hybridized carbons (Fsp3) is 0.619. The van der Waals surface area contributed by atoms with Gasteiger partial charge in [-0.25, -0.2) is 14.2 Å². The Kier molecular flexibility index (Phi) is 5.70. The molecule has 0 aromatic carbocycles. The van der Waals surface area contributed by atoms with Gasteiger partial charge in [-0.05, 0) is 41.7 Å². The first-order valence-electron chi connectivity index (χ1n) is 11.0. The Morgan fingerprint density at radius 2 is 2.03 bits per heavy atom. The van der Waals surface area contributed by atoms with E-state index in [1.807, 2.05) is 30.6 Å². The van der Waals surface area contributed by atoms with E-state index < -0.39 is 11.4 Å². The van der Waals surface area contributed by atoms with E-state index in [9.17, 15) is 9.18 Å². The summed E-state index contributed by atoms with van der Waals surface area (Å²) >= 11 is 0. The van der Waals surface area contributed by atoms with Gasteiger partial charge in [0.15, 0.2) is 17.5 Å². The van der Waals surface area contributed by atoms with Crippen LogP contribution in [0.25, 0.3) is 0 Å². The minimum atomic E-state index is -0.579. The molecule has 0 radical (unpaired) electrons. The number of carbonyl (C=O) groups is 1. The molecule has 2 aromatic rings. The van der Waals surface area contributed by atoms with Gasteiger partial charge in [-0.1, -0.05) is 0 Å². The third-order valence-corrected chi connectivity index (χ3v) is 6.56. The molecule has 2 aromatic heterocycles. The van der Waals surface area contributed by atoms with Crippen LogP contribution in [0.2, 0.25) is 0 Å². The number of nitrogens with one attached hydrogen (secondary N) is 3. The third kappa shape index (κ3) is 3.74. The zero-order valence-corrected chi connectivity index (χ0v) is 19.5. The van der Waals surface area contributed by atoms with Crippen LogP contribution >= 0.6 is 0 Å². The van der Waals surface area contributed by atoms with E-state index in [1.165, 1.54) is 0 Å². The van der Waals surface area contributed by atoms with E-state index in [0.717, 1.165) is 24.0 Å². The molecule has 2 amide bonds. The van der Waals surface area contributed by atoms with Gasteiger partial charge in [0.25, 0.3) is 0 Å². The average Bonchev–Trinajstić information content (AvgIpc) is 3.25. The second kappa shape index (κ2) is 8.19. The van der Waals surface area contributed by atoms with Crippen LogP contribution in [0.1, 0.15) is 45.9 Å². The van der Waals surface area contributed by atoms with E-state index >= 15 is 0 Å². The third-order valence-electron chi connectivity index (χ3n) is 6.56. The first-order valence-corrected chi connectivity index (χ1v) is 11.0. The van der Waals surface area contributed by atoms with Gasteiger partial charge in [0.05, 0.1) is 24.0 Å². The van der Waals surface area contributed by atoms with Crippen molar-refractivity contribution in [3.8, 4) is 0 Å². The fourth-order valence-corrected chi connectivity index (χ4v) is 4.46. The molecule has 1 saturated heterocycles. The molecule has 0 aliphatic carbocycles. The van der Waals surface area contributed by atoms with Crippen LogP contribution < -0.4 is 10.6 Å². The van der Waals surface area contributed by atoms with Crippen LogP contribution in [0.4, 0.5) is 26.8 Å². The lowest BCUT2D eigenvalue weighted by Gasteiger charge is -2.45. The standard InChI is InChI=1S/C21H32FN9O/c1-7-23-19-24-8-15(22)18(26-19)25-17-14-11-31(21(4,5)16(14)27-28-17)20(32)30-10-12(2)29(6)9-13(30)3/h8,12-13H,7,9-11H2,1-6H3,(H3,23,24,25,26,27,28)/t12-,13+/m1/s1. The summed E-state index contributed by atoms with van der Waals surface area (Å²) < 4.78 is 14.3. The number of amides is 2. The highest BCUT2D eigenvalue weighted by Crippen LogP contribution is 2.42. The number of fused-ring (bicyclic) bond motifs is 1. The fourth-order valence-electron chi connectivity index (χ4n) is 4.46. The van der Waals surface area contributed by atoms with Crippen LogP contribution in [-0.2, 0) is 12.1 Å². The van der Waals surface area contributed by atoms with E-state index in [1.54, 1.807) is 0 Å². The first-order chi connectivity index (χ1) is 15.1. The van der Waals surface area contributed by atoms with Crippen molar-refractivity contribution in [2.24, 2.45) is 0 Å². The highest BCUT2D eigenvalue weighted by molar-refractivity contribution is 5.78. The summed E-state index contributed by atoms with van der Waals surface area (Å²) in [6.07, 6.45) is 1.12.